The van der Waals surface area contributed by atoms with Gasteiger partial charge in [-0.2, -0.15) is 0 Å². The molecule has 0 heterocycles. The Labute approximate surface area is 125 Å². The van der Waals surface area contributed by atoms with Crippen molar-refractivity contribution in [3.8, 4) is 0 Å². The maximum Gasteiger partial charge on any atom is 0.253 e. The summed E-state index contributed by atoms with van der Waals surface area (Å²) in [6.07, 6.45) is 1.08. The third-order valence-electron chi connectivity index (χ3n) is 2.75. The zero-order valence-corrected chi connectivity index (χ0v) is 12.9. The highest BCUT2D eigenvalue weighted by molar-refractivity contribution is 5.97. The highest BCUT2D eigenvalue weighted by Crippen LogP contribution is 2.16. The average Bonchev–Trinajstić information content (AvgIpc) is 2.35. The Kier molecular flexibility index (Phi) is 7.87. The predicted octanol–water partition coefficient (Wildman–Crippen LogP) is 1.80. The Morgan fingerprint density at radius 2 is 1.95 bits per heavy atom. The number of carbonyl (C=O) groups is 2. The lowest BCUT2D eigenvalue weighted by molar-refractivity contribution is -0.116. The molecule has 0 aliphatic rings. The smallest absolute Gasteiger partial charge is 0.253 e. The van der Waals surface area contributed by atoms with Crippen molar-refractivity contribution in [2.24, 2.45) is 5.73 Å². The van der Waals surface area contributed by atoms with Gasteiger partial charge in [-0.3, -0.25) is 9.59 Å². The van der Waals surface area contributed by atoms with Crippen molar-refractivity contribution < 1.29 is 9.59 Å². The molecule has 0 aromatic heterocycles. The number of anilines is 1. The van der Waals surface area contributed by atoms with Gasteiger partial charge in [0.25, 0.3) is 5.91 Å². The van der Waals surface area contributed by atoms with E-state index in [2.05, 4.69) is 5.32 Å². The summed E-state index contributed by atoms with van der Waals surface area (Å²) >= 11 is 0. The fourth-order valence-corrected chi connectivity index (χ4v) is 1.71. The standard InChI is InChI=1S/C14H21N3O2.ClH/c1-10-9-11(16-13(18)5-4-8-15)6-7-12(10)14(19)17(2)3;/h6-7,9H,4-5,8,15H2,1-3H3,(H,16,18);1H. The quantitative estimate of drug-likeness (QED) is 0.870. The summed E-state index contributed by atoms with van der Waals surface area (Å²) < 4.78 is 0. The molecule has 0 unspecified atom stereocenters. The first-order valence-electron chi connectivity index (χ1n) is 6.28. The number of nitrogens with one attached hydrogen (secondary N) is 1. The summed E-state index contributed by atoms with van der Waals surface area (Å²) in [6.45, 7) is 2.36. The van der Waals surface area contributed by atoms with E-state index in [0.29, 0.717) is 30.6 Å². The van der Waals surface area contributed by atoms with E-state index in [-0.39, 0.29) is 24.2 Å². The van der Waals surface area contributed by atoms with Crippen molar-refractivity contribution in [1.29, 1.82) is 0 Å². The van der Waals surface area contributed by atoms with Crippen molar-refractivity contribution in [2.45, 2.75) is 19.8 Å². The van der Waals surface area contributed by atoms with E-state index in [1.165, 1.54) is 4.90 Å². The fourth-order valence-electron chi connectivity index (χ4n) is 1.71. The van der Waals surface area contributed by atoms with Crippen LogP contribution in [0.25, 0.3) is 0 Å². The van der Waals surface area contributed by atoms with Gasteiger partial charge in [-0.25, -0.2) is 0 Å². The summed E-state index contributed by atoms with van der Waals surface area (Å²) in [6, 6.07) is 5.28. The minimum absolute atomic E-state index is 0. The van der Waals surface area contributed by atoms with Crippen molar-refractivity contribution in [3.63, 3.8) is 0 Å². The van der Waals surface area contributed by atoms with E-state index in [0.717, 1.165) is 5.56 Å². The number of halogens is 1. The van der Waals surface area contributed by atoms with Crippen molar-refractivity contribution in [3.05, 3.63) is 29.3 Å². The summed E-state index contributed by atoms with van der Waals surface area (Å²) in [5.74, 6) is -0.102. The highest BCUT2D eigenvalue weighted by Gasteiger charge is 2.11. The molecule has 3 N–H and O–H groups in total. The first kappa shape index (κ1) is 18.4. The monoisotopic (exact) mass is 299 g/mol. The number of rotatable bonds is 5. The normalized spacial score (nSPS) is 9.60. The molecule has 0 atom stereocenters. The maximum absolute atomic E-state index is 11.9. The van der Waals surface area contributed by atoms with Gasteiger partial charge in [0.05, 0.1) is 0 Å². The Morgan fingerprint density at radius 3 is 2.45 bits per heavy atom. The van der Waals surface area contributed by atoms with Gasteiger partial charge in [0, 0.05) is 31.8 Å². The summed E-state index contributed by atoms with van der Waals surface area (Å²) in [5, 5.41) is 2.79. The molecule has 1 rings (SSSR count). The Hall–Kier alpha value is -1.59. The van der Waals surface area contributed by atoms with Crippen molar-refractivity contribution in [1.82, 2.24) is 4.90 Å². The van der Waals surface area contributed by atoms with Crippen LogP contribution in [0.2, 0.25) is 0 Å². The zero-order valence-electron chi connectivity index (χ0n) is 12.1. The Bertz CT molecular complexity index is 475. The Morgan fingerprint density at radius 1 is 1.30 bits per heavy atom. The second kappa shape index (κ2) is 8.55. The number of nitrogens with zero attached hydrogens (tertiary/aromatic N) is 1. The van der Waals surface area contributed by atoms with Crippen molar-refractivity contribution in [2.75, 3.05) is 26.0 Å². The molecular formula is C14H22ClN3O2. The molecule has 0 aliphatic carbocycles. The molecule has 2 amide bonds. The number of amides is 2. The van der Waals surface area contributed by atoms with Gasteiger partial charge in [0.15, 0.2) is 0 Å². The van der Waals surface area contributed by atoms with Crippen LogP contribution in [0.15, 0.2) is 18.2 Å². The van der Waals surface area contributed by atoms with Crippen LogP contribution in [-0.4, -0.2) is 37.4 Å². The number of hydrogen-bond acceptors (Lipinski definition) is 3. The van der Waals surface area contributed by atoms with E-state index in [4.69, 9.17) is 5.73 Å². The average molecular weight is 300 g/mol. The van der Waals surface area contributed by atoms with Gasteiger partial charge in [-0.15, -0.1) is 12.4 Å². The third kappa shape index (κ3) is 5.19. The molecule has 112 valence electrons. The van der Waals surface area contributed by atoms with Gasteiger partial charge in [-0.05, 0) is 43.7 Å². The Balaban J connectivity index is 0.00000361. The first-order chi connectivity index (χ1) is 8.95. The van der Waals surface area contributed by atoms with E-state index in [1.807, 2.05) is 6.92 Å². The molecule has 0 fully saturated rings. The third-order valence-corrected chi connectivity index (χ3v) is 2.75. The SMILES string of the molecule is Cc1cc(NC(=O)CCCN)ccc1C(=O)N(C)C.Cl. The van der Waals surface area contributed by atoms with Crippen LogP contribution in [0.4, 0.5) is 5.69 Å². The highest BCUT2D eigenvalue weighted by atomic mass is 35.5. The van der Waals surface area contributed by atoms with Gasteiger partial charge in [0.2, 0.25) is 5.91 Å². The second-order valence-electron chi connectivity index (χ2n) is 4.67. The number of nitrogens with two attached hydrogens (primary N) is 1. The lowest BCUT2D eigenvalue weighted by atomic mass is 10.1. The summed E-state index contributed by atoms with van der Waals surface area (Å²) in [7, 11) is 3.43. The lowest BCUT2D eigenvalue weighted by Gasteiger charge is -2.13. The van der Waals surface area contributed by atoms with Gasteiger partial charge >= 0.3 is 0 Å². The summed E-state index contributed by atoms with van der Waals surface area (Å²) in [5.41, 5.74) is 7.54. The second-order valence-corrected chi connectivity index (χ2v) is 4.67. The molecule has 1 aromatic rings. The topological polar surface area (TPSA) is 75.4 Å². The number of benzene rings is 1. The summed E-state index contributed by atoms with van der Waals surface area (Å²) in [4.78, 5) is 25.0. The molecule has 0 bridgehead atoms. The van der Waals surface area contributed by atoms with Gasteiger partial charge in [0.1, 0.15) is 0 Å². The molecular weight excluding hydrogens is 278 g/mol. The molecule has 5 nitrogen and oxygen atoms in total. The fraction of sp³-hybridized carbons (Fsp3) is 0.429. The molecule has 0 radical (unpaired) electrons. The van der Waals surface area contributed by atoms with Crippen LogP contribution in [-0.2, 0) is 4.79 Å². The molecule has 0 aliphatic heterocycles. The minimum atomic E-state index is -0.0588. The van der Waals surface area contributed by atoms with E-state index in [9.17, 15) is 9.59 Å². The van der Waals surface area contributed by atoms with E-state index < -0.39 is 0 Å². The predicted molar refractivity (Wildman–Crippen MR) is 83.4 cm³/mol. The van der Waals surface area contributed by atoms with Crippen LogP contribution in [0.5, 0.6) is 0 Å². The first-order valence-corrected chi connectivity index (χ1v) is 6.28. The number of carbonyl (C=O) groups excluding carboxylic acids is 2. The van der Waals surface area contributed by atoms with Crippen LogP contribution in [0, 0.1) is 6.92 Å². The van der Waals surface area contributed by atoms with Gasteiger partial charge < -0.3 is 16.0 Å². The largest absolute Gasteiger partial charge is 0.345 e. The molecule has 20 heavy (non-hydrogen) atoms. The molecule has 6 heteroatoms. The lowest BCUT2D eigenvalue weighted by Crippen LogP contribution is -2.22. The number of aryl methyl sites for hydroxylation is 1. The minimum Gasteiger partial charge on any atom is -0.345 e. The molecule has 1 aromatic carbocycles. The zero-order chi connectivity index (χ0) is 14.4. The molecule has 0 saturated carbocycles. The van der Waals surface area contributed by atoms with Crippen LogP contribution >= 0.6 is 12.4 Å². The maximum atomic E-state index is 11.9. The van der Waals surface area contributed by atoms with E-state index in [1.54, 1.807) is 32.3 Å². The van der Waals surface area contributed by atoms with Gasteiger partial charge in [-0.1, -0.05) is 0 Å². The number of hydrogen-bond donors (Lipinski definition) is 2. The molecule has 0 saturated heterocycles. The van der Waals surface area contributed by atoms with E-state index >= 15 is 0 Å². The van der Waals surface area contributed by atoms with Crippen LogP contribution in [0.1, 0.15) is 28.8 Å². The van der Waals surface area contributed by atoms with Crippen LogP contribution < -0.4 is 11.1 Å². The van der Waals surface area contributed by atoms with Crippen molar-refractivity contribution >= 4 is 29.9 Å². The van der Waals surface area contributed by atoms with Crippen LogP contribution in [0.3, 0.4) is 0 Å². The molecule has 0 spiro atoms.